The van der Waals surface area contributed by atoms with Crippen molar-refractivity contribution in [3.8, 4) is 11.3 Å². The molecular weight excluding hydrogens is 314 g/mol. The van der Waals surface area contributed by atoms with E-state index in [1.807, 2.05) is 38.1 Å². The van der Waals surface area contributed by atoms with Gasteiger partial charge in [-0.1, -0.05) is 12.1 Å². The third-order valence-electron chi connectivity index (χ3n) is 4.46. The highest BCUT2D eigenvalue weighted by Crippen LogP contribution is 2.33. The standard InChI is InChI=1S/C19H21N5O/c1-9(2)20-18-11(4)21-14-7-5-6-12(17(14)24-18)15-8-13-16(23-15)10(3)22-19(13)25/h5-10,23H,1-4H3,(H,20,24)(H,22,25)/t10-/m1/s1. The minimum atomic E-state index is -0.0330. The molecule has 0 saturated carbocycles. The average molecular weight is 335 g/mol. The van der Waals surface area contributed by atoms with Gasteiger partial charge in [0, 0.05) is 17.3 Å². The van der Waals surface area contributed by atoms with Crippen molar-refractivity contribution in [3.63, 3.8) is 0 Å². The van der Waals surface area contributed by atoms with Crippen LogP contribution in [0.3, 0.4) is 0 Å². The molecule has 3 aromatic rings. The van der Waals surface area contributed by atoms with Gasteiger partial charge < -0.3 is 15.6 Å². The van der Waals surface area contributed by atoms with Crippen LogP contribution in [-0.2, 0) is 0 Å². The summed E-state index contributed by atoms with van der Waals surface area (Å²) in [5.41, 5.74) is 6.02. The molecule has 3 heterocycles. The maximum absolute atomic E-state index is 12.0. The second-order valence-corrected chi connectivity index (χ2v) is 6.84. The molecule has 1 aromatic carbocycles. The Hall–Kier alpha value is -2.89. The number of aromatic nitrogens is 3. The first-order valence-electron chi connectivity index (χ1n) is 8.52. The summed E-state index contributed by atoms with van der Waals surface area (Å²) in [6.07, 6.45) is 0. The van der Waals surface area contributed by atoms with Gasteiger partial charge in [0.2, 0.25) is 0 Å². The molecule has 6 heteroatoms. The minimum absolute atomic E-state index is 0.00211. The fraction of sp³-hybridized carbons (Fsp3) is 0.316. The Labute approximate surface area is 146 Å². The summed E-state index contributed by atoms with van der Waals surface area (Å²) in [6, 6.07) is 8.12. The van der Waals surface area contributed by atoms with Gasteiger partial charge in [0.05, 0.1) is 28.5 Å². The van der Waals surface area contributed by atoms with E-state index in [0.29, 0.717) is 5.56 Å². The van der Waals surface area contributed by atoms with Crippen LogP contribution in [0.2, 0.25) is 0 Å². The smallest absolute Gasteiger partial charge is 0.253 e. The molecule has 0 aliphatic carbocycles. The van der Waals surface area contributed by atoms with Gasteiger partial charge in [0.15, 0.2) is 0 Å². The molecule has 1 aliphatic heterocycles. The Kier molecular flexibility index (Phi) is 3.49. The number of fused-ring (bicyclic) bond motifs is 2. The lowest BCUT2D eigenvalue weighted by atomic mass is 10.1. The molecule has 25 heavy (non-hydrogen) atoms. The van der Waals surface area contributed by atoms with Crippen LogP contribution in [0.25, 0.3) is 22.3 Å². The van der Waals surface area contributed by atoms with Crippen molar-refractivity contribution in [1.29, 1.82) is 0 Å². The fourth-order valence-corrected chi connectivity index (χ4v) is 3.28. The monoisotopic (exact) mass is 335 g/mol. The molecule has 4 rings (SSSR count). The van der Waals surface area contributed by atoms with Crippen LogP contribution in [0.1, 0.15) is 48.6 Å². The van der Waals surface area contributed by atoms with E-state index in [1.165, 1.54) is 0 Å². The number of aromatic amines is 1. The highest BCUT2D eigenvalue weighted by molar-refractivity contribution is 6.01. The number of anilines is 1. The molecule has 0 unspecified atom stereocenters. The molecule has 3 N–H and O–H groups in total. The van der Waals surface area contributed by atoms with E-state index >= 15 is 0 Å². The summed E-state index contributed by atoms with van der Waals surface area (Å²) >= 11 is 0. The topological polar surface area (TPSA) is 82.7 Å². The van der Waals surface area contributed by atoms with Gasteiger partial charge >= 0.3 is 0 Å². The predicted octanol–water partition coefficient (Wildman–Crippen LogP) is 3.56. The number of amides is 1. The van der Waals surface area contributed by atoms with E-state index in [4.69, 9.17) is 4.98 Å². The van der Waals surface area contributed by atoms with Gasteiger partial charge in [-0.3, -0.25) is 4.79 Å². The molecule has 1 atom stereocenters. The molecule has 2 aromatic heterocycles. The van der Waals surface area contributed by atoms with Crippen LogP contribution in [0, 0.1) is 6.92 Å². The van der Waals surface area contributed by atoms with Gasteiger partial charge in [-0.15, -0.1) is 0 Å². The predicted molar refractivity (Wildman–Crippen MR) is 98.7 cm³/mol. The highest BCUT2D eigenvalue weighted by atomic mass is 16.2. The Morgan fingerprint density at radius 1 is 1.20 bits per heavy atom. The van der Waals surface area contributed by atoms with E-state index in [0.717, 1.165) is 39.5 Å². The van der Waals surface area contributed by atoms with Crippen molar-refractivity contribution in [2.75, 3.05) is 5.32 Å². The quantitative estimate of drug-likeness (QED) is 0.683. The zero-order valence-corrected chi connectivity index (χ0v) is 14.8. The summed E-state index contributed by atoms with van der Waals surface area (Å²) in [6.45, 7) is 8.08. The van der Waals surface area contributed by atoms with Crippen molar-refractivity contribution < 1.29 is 4.79 Å². The zero-order valence-electron chi connectivity index (χ0n) is 14.8. The molecule has 1 aliphatic rings. The van der Waals surface area contributed by atoms with Crippen LogP contribution in [-0.4, -0.2) is 26.9 Å². The molecule has 128 valence electrons. The van der Waals surface area contributed by atoms with Gasteiger partial charge in [0.1, 0.15) is 11.3 Å². The number of carbonyl (C=O) groups is 1. The van der Waals surface area contributed by atoms with Gasteiger partial charge in [-0.05, 0) is 39.8 Å². The second-order valence-electron chi connectivity index (χ2n) is 6.84. The summed E-state index contributed by atoms with van der Waals surface area (Å²) in [7, 11) is 0. The van der Waals surface area contributed by atoms with Crippen molar-refractivity contribution in [2.45, 2.75) is 39.8 Å². The SMILES string of the molecule is Cc1nc2cccc(-c3cc4c([nH]3)[C@@H](C)NC4=O)c2nc1NC(C)C. The number of H-pyrrole nitrogens is 1. The summed E-state index contributed by atoms with van der Waals surface area (Å²) in [5.74, 6) is 0.759. The van der Waals surface area contributed by atoms with Crippen LogP contribution in [0.4, 0.5) is 5.82 Å². The Balaban J connectivity index is 1.89. The maximum Gasteiger partial charge on any atom is 0.253 e. The van der Waals surface area contributed by atoms with Crippen LogP contribution >= 0.6 is 0 Å². The maximum atomic E-state index is 12.0. The third-order valence-corrected chi connectivity index (χ3v) is 4.46. The lowest BCUT2D eigenvalue weighted by Gasteiger charge is -2.13. The van der Waals surface area contributed by atoms with Crippen molar-refractivity contribution in [2.24, 2.45) is 0 Å². The largest absolute Gasteiger partial charge is 0.366 e. The van der Waals surface area contributed by atoms with Crippen LogP contribution < -0.4 is 10.6 Å². The van der Waals surface area contributed by atoms with Gasteiger partial charge in [0.25, 0.3) is 5.91 Å². The number of benzene rings is 1. The number of para-hydroxylation sites is 1. The first-order valence-corrected chi connectivity index (χ1v) is 8.52. The zero-order chi connectivity index (χ0) is 17.7. The first kappa shape index (κ1) is 15.6. The summed E-state index contributed by atoms with van der Waals surface area (Å²) in [4.78, 5) is 24.9. The molecule has 0 saturated heterocycles. The molecule has 0 bridgehead atoms. The number of hydrogen-bond donors (Lipinski definition) is 3. The van der Waals surface area contributed by atoms with E-state index in [2.05, 4.69) is 34.4 Å². The number of nitrogens with one attached hydrogen (secondary N) is 3. The summed E-state index contributed by atoms with van der Waals surface area (Å²) in [5, 5.41) is 6.26. The molecule has 0 fully saturated rings. The highest BCUT2D eigenvalue weighted by Gasteiger charge is 2.28. The lowest BCUT2D eigenvalue weighted by Crippen LogP contribution is -2.17. The number of nitrogens with zero attached hydrogens (tertiary/aromatic N) is 2. The van der Waals surface area contributed by atoms with E-state index in [-0.39, 0.29) is 18.0 Å². The number of rotatable bonds is 3. The third kappa shape index (κ3) is 2.54. The number of carbonyl (C=O) groups excluding carboxylic acids is 1. The van der Waals surface area contributed by atoms with E-state index in [1.54, 1.807) is 0 Å². The lowest BCUT2D eigenvalue weighted by molar-refractivity contribution is 0.0958. The van der Waals surface area contributed by atoms with Crippen molar-refractivity contribution in [3.05, 3.63) is 41.2 Å². The first-order chi connectivity index (χ1) is 11.9. The van der Waals surface area contributed by atoms with Crippen LogP contribution in [0.15, 0.2) is 24.3 Å². The second kappa shape index (κ2) is 5.58. The normalized spacial score (nSPS) is 16.4. The number of hydrogen-bond acceptors (Lipinski definition) is 4. The molecule has 6 nitrogen and oxygen atoms in total. The van der Waals surface area contributed by atoms with Gasteiger partial charge in [-0.2, -0.15) is 0 Å². The fourth-order valence-electron chi connectivity index (χ4n) is 3.28. The Morgan fingerprint density at radius 2 is 2.00 bits per heavy atom. The summed E-state index contributed by atoms with van der Waals surface area (Å²) < 4.78 is 0. The van der Waals surface area contributed by atoms with E-state index < -0.39 is 0 Å². The van der Waals surface area contributed by atoms with Gasteiger partial charge in [-0.25, -0.2) is 9.97 Å². The van der Waals surface area contributed by atoms with Crippen molar-refractivity contribution in [1.82, 2.24) is 20.3 Å². The Morgan fingerprint density at radius 3 is 2.72 bits per heavy atom. The van der Waals surface area contributed by atoms with E-state index in [9.17, 15) is 4.79 Å². The van der Waals surface area contributed by atoms with Crippen LogP contribution in [0.5, 0.6) is 0 Å². The molecule has 0 radical (unpaired) electrons. The molecule has 1 amide bonds. The number of aryl methyl sites for hydroxylation is 1. The average Bonchev–Trinajstić information content (AvgIpc) is 3.09. The molecular formula is C19H21N5O. The van der Waals surface area contributed by atoms with Crippen molar-refractivity contribution >= 4 is 22.8 Å². The molecule has 0 spiro atoms. The minimum Gasteiger partial charge on any atom is -0.366 e. The Bertz CT molecular complexity index is 989.